The molecule has 0 spiro atoms. The highest BCUT2D eigenvalue weighted by atomic mass is 16.6. The van der Waals surface area contributed by atoms with E-state index in [0.29, 0.717) is 6.07 Å². The Balaban J connectivity index is 2.21. The van der Waals surface area contributed by atoms with Gasteiger partial charge >= 0.3 is 11.7 Å². The van der Waals surface area contributed by atoms with E-state index in [-0.39, 0.29) is 5.69 Å². The Labute approximate surface area is 183 Å². The van der Waals surface area contributed by atoms with Gasteiger partial charge in [0.15, 0.2) is 0 Å². The molecule has 1 N–H and O–H groups in total. The van der Waals surface area contributed by atoms with Gasteiger partial charge in [-0.3, -0.25) is 45.9 Å². The van der Waals surface area contributed by atoms with Crippen molar-refractivity contribution >= 4 is 40.6 Å². The normalized spacial score (nSPS) is 11.1. The number of rotatable bonds is 9. The van der Waals surface area contributed by atoms with Crippen LogP contribution in [0.3, 0.4) is 0 Å². The highest BCUT2D eigenvalue weighted by Gasteiger charge is 2.26. The van der Waals surface area contributed by atoms with Crippen LogP contribution in [0.25, 0.3) is 0 Å². The van der Waals surface area contributed by atoms with E-state index in [9.17, 15) is 45.3 Å². The van der Waals surface area contributed by atoms with Gasteiger partial charge in [0.25, 0.3) is 17.1 Å². The van der Waals surface area contributed by atoms with Crippen LogP contribution >= 0.6 is 0 Å². The molecule has 2 aromatic carbocycles. The predicted molar refractivity (Wildman–Crippen MR) is 111 cm³/mol. The number of non-ortho nitro benzene ring substituents is 3. The van der Waals surface area contributed by atoms with Crippen LogP contribution in [0.5, 0.6) is 0 Å². The maximum absolute atomic E-state index is 12.4. The van der Waals surface area contributed by atoms with Crippen LogP contribution in [-0.4, -0.2) is 37.5 Å². The molecule has 0 amide bonds. The Bertz CT molecular complexity index is 1160. The second-order valence-corrected chi connectivity index (χ2v) is 6.83. The fourth-order valence-corrected chi connectivity index (χ4v) is 2.38. The molecule has 0 aliphatic rings. The number of esters is 1. The van der Waals surface area contributed by atoms with Crippen LogP contribution in [0.4, 0.5) is 28.4 Å². The molecule has 172 valence electrons. The first kappa shape index (κ1) is 24.3. The number of nitro groups is 4. The molecular formula is C17H14N6O10. The van der Waals surface area contributed by atoms with Crippen molar-refractivity contribution in [1.82, 2.24) is 0 Å². The van der Waals surface area contributed by atoms with Crippen LogP contribution in [-0.2, 0) is 4.74 Å². The maximum atomic E-state index is 12.4. The minimum atomic E-state index is -1.47. The van der Waals surface area contributed by atoms with Gasteiger partial charge in [-0.1, -0.05) is 0 Å². The minimum Gasteiger partial charge on any atom is -0.450 e. The lowest BCUT2D eigenvalue weighted by Crippen LogP contribution is -2.30. The SMILES string of the molecule is CC(C)(/C=N/Nc1ccc([N+](=O)[O-])cc1[N+](=O)[O-])OC(=O)c1cc([N+](=O)[O-])cc([N+](=O)[O-])c1. The number of carbonyl (C=O) groups is 1. The van der Waals surface area contributed by atoms with Gasteiger partial charge in [0.1, 0.15) is 11.3 Å². The predicted octanol–water partition coefficient (Wildman–Crippen LogP) is 3.35. The molecule has 0 fully saturated rings. The average molecular weight is 462 g/mol. The summed E-state index contributed by atoms with van der Waals surface area (Å²) in [4.78, 5) is 52.8. The van der Waals surface area contributed by atoms with Crippen LogP contribution in [0.1, 0.15) is 24.2 Å². The first-order valence-corrected chi connectivity index (χ1v) is 8.71. The van der Waals surface area contributed by atoms with E-state index in [4.69, 9.17) is 4.74 Å². The molecule has 0 aliphatic carbocycles. The fraction of sp³-hybridized carbons (Fsp3) is 0.176. The van der Waals surface area contributed by atoms with Gasteiger partial charge in [-0.15, -0.1) is 0 Å². The quantitative estimate of drug-likeness (QED) is 0.246. The van der Waals surface area contributed by atoms with Gasteiger partial charge in [0, 0.05) is 18.2 Å². The lowest BCUT2D eigenvalue weighted by molar-refractivity contribution is -0.394. The summed E-state index contributed by atoms with van der Waals surface area (Å²) in [5.74, 6) is -1.13. The summed E-state index contributed by atoms with van der Waals surface area (Å²) in [5.41, 5.74) is -2.29. The molecule has 16 nitrogen and oxygen atoms in total. The molecule has 0 bridgehead atoms. The van der Waals surface area contributed by atoms with E-state index in [1.54, 1.807) is 0 Å². The van der Waals surface area contributed by atoms with E-state index in [0.717, 1.165) is 36.5 Å². The number of benzene rings is 2. The van der Waals surface area contributed by atoms with Gasteiger partial charge < -0.3 is 4.74 Å². The third kappa shape index (κ3) is 6.23. The number of hydrogen-bond donors (Lipinski definition) is 1. The molecule has 0 radical (unpaired) electrons. The Kier molecular flexibility index (Phi) is 6.92. The summed E-state index contributed by atoms with van der Waals surface area (Å²) >= 11 is 0. The zero-order chi connectivity index (χ0) is 24.9. The second kappa shape index (κ2) is 9.41. The minimum absolute atomic E-state index is 0.182. The average Bonchev–Trinajstić information content (AvgIpc) is 2.72. The Hall–Kier alpha value is -5.02. The summed E-state index contributed by atoms with van der Waals surface area (Å²) in [6.07, 6.45) is 1.03. The van der Waals surface area contributed by atoms with Crippen LogP contribution in [0.2, 0.25) is 0 Å². The number of ether oxygens (including phenoxy) is 1. The molecule has 16 heteroatoms. The van der Waals surface area contributed by atoms with E-state index >= 15 is 0 Å². The van der Waals surface area contributed by atoms with Crippen molar-refractivity contribution in [2.24, 2.45) is 5.10 Å². The molecular weight excluding hydrogens is 448 g/mol. The molecule has 0 saturated carbocycles. The summed E-state index contributed by atoms with van der Waals surface area (Å²) in [5, 5.41) is 47.6. The maximum Gasteiger partial charge on any atom is 0.339 e. The standard InChI is InChI=1S/C17H14N6O10/c1-17(2,9-18-19-14-4-3-11(20(25)26)8-15(14)23(31)32)33-16(24)10-5-12(21(27)28)7-13(6-10)22(29)30/h3-9,19H,1-2H3/b18-9+. The third-order valence-corrected chi connectivity index (χ3v) is 3.86. The van der Waals surface area contributed by atoms with Crippen molar-refractivity contribution in [3.05, 3.63) is 82.4 Å². The number of hydrogen-bond acceptors (Lipinski definition) is 12. The Morgan fingerprint density at radius 1 is 0.879 bits per heavy atom. The summed E-state index contributed by atoms with van der Waals surface area (Å²) in [6.45, 7) is 2.71. The molecule has 2 rings (SSSR count). The largest absolute Gasteiger partial charge is 0.450 e. The number of nitrogens with zero attached hydrogens (tertiary/aromatic N) is 5. The second-order valence-electron chi connectivity index (χ2n) is 6.83. The van der Waals surface area contributed by atoms with Crippen molar-refractivity contribution in [3.63, 3.8) is 0 Å². The topological polar surface area (TPSA) is 223 Å². The highest BCUT2D eigenvalue weighted by Crippen LogP contribution is 2.29. The molecule has 0 aliphatic heterocycles. The lowest BCUT2D eigenvalue weighted by atomic mass is 10.1. The smallest absolute Gasteiger partial charge is 0.339 e. The first-order valence-electron chi connectivity index (χ1n) is 8.71. The van der Waals surface area contributed by atoms with Crippen molar-refractivity contribution in [2.45, 2.75) is 19.4 Å². The van der Waals surface area contributed by atoms with Crippen LogP contribution in [0.15, 0.2) is 41.5 Å². The summed E-state index contributed by atoms with van der Waals surface area (Å²) < 4.78 is 5.16. The van der Waals surface area contributed by atoms with Crippen LogP contribution in [0, 0.1) is 40.5 Å². The zero-order valence-electron chi connectivity index (χ0n) is 16.9. The van der Waals surface area contributed by atoms with Gasteiger partial charge in [-0.05, 0) is 19.9 Å². The van der Waals surface area contributed by atoms with Gasteiger partial charge in [-0.25, -0.2) is 4.79 Å². The van der Waals surface area contributed by atoms with Gasteiger partial charge in [-0.2, -0.15) is 5.10 Å². The van der Waals surface area contributed by atoms with E-state index in [1.165, 1.54) is 13.8 Å². The Morgan fingerprint density at radius 2 is 1.42 bits per heavy atom. The number of hydrazone groups is 1. The number of nitrogens with one attached hydrogen (secondary N) is 1. The Morgan fingerprint density at radius 3 is 1.91 bits per heavy atom. The molecule has 0 heterocycles. The molecule has 0 saturated heterocycles. The molecule has 2 aromatic rings. The van der Waals surface area contributed by atoms with Gasteiger partial charge in [0.2, 0.25) is 0 Å². The number of nitro benzene ring substituents is 4. The number of anilines is 1. The summed E-state index contributed by atoms with van der Waals surface area (Å²) in [7, 11) is 0. The van der Waals surface area contributed by atoms with Crippen molar-refractivity contribution in [1.29, 1.82) is 0 Å². The highest BCUT2D eigenvalue weighted by molar-refractivity contribution is 5.92. The molecule has 0 unspecified atom stereocenters. The molecule has 33 heavy (non-hydrogen) atoms. The lowest BCUT2D eigenvalue weighted by Gasteiger charge is -2.20. The van der Waals surface area contributed by atoms with Crippen molar-refractivity contribution in [2.75, 3.05) is 5.43 Å². The zero-order valence-corrected chi connectivity index (χ0v) is 16.9. The summed E-state index contributed by atoms with van der Waals surface area (Å²) in [6, 6.07) is 5.12. The van der Waals surface area contributed by atoms with Crippen molar-refractivity contribution < 1.29 is 29.2 Å². The van der Waals surface area contributed by atoms with E-state index in [1.807, 2.05) is 0 Å². The van der Waals surface area contributed by atoms with Crippen molar-refractivity contribution in [3.8, 4) is 0 Å². The number of carbonyl (C=O) groups excluding carboxylic acids is 1. The van der Waals surface area contributed by atoms with Gasteiger partial charge in [0.05, 0.1) is 43.6 Å². The molecule has 0 aromatic heterocycles. The third-order valence-electron chi connectivity index (χ3n) is 3.86. The van der Waals surface area contributed by atoms with E-state index in [2.05, 4.69) is 10.5 Å². The van der Waals surface area contributed by atoms with Crippen LogP contribution < -0.4 is 5.43 Å². The first-order chi connectivity index (χ1) is 15.3. The monoisotopic (exact) mass is 462 g/mol. The van der Waals surface area contributed by atoms with E-state index < -0.39 is 59.6 Å². The fourth-order valence-electron chi connectivity index (χ4n) is 2.38. The molecule has 0 atom stereocenters.